The molecular formula is C37H47N7O8S. The fourth-order valence-electron chi connectivity index (χ4n) is 5.50. The van der Waals surface area contributed by atoms with Crippen LogP contribution in [0.2, 0.25) is 0 Å². The zero-order valence-corrected chi connectivity index (χ0v) is 31.5. The highest BCUT2D eigenvalue weighted by Gasteiger charge is 2.31. The van der Waals surface area contributed by atoms with Crippen LogP contribution in [-0.4, -0.2) is 109 Å². The van der Waals surface area contributed by atoms with Crippen LogP contribution in [0.5, 0.6) is 11.5 Å². The maximum atomic E-state index is 13.7. The second kappa shape index (κ2) is 18.8. The summed E-state index contributed by atoms with van der Waals surface area (Å²) in [4.78, 5) is 87.6. The van der Waals surface area contributed by atoms with Crippen LogP contribution in [0.1, 0.15) is 54.8 Å². The van der Waals surface area contributed by atoms with Crippen LogP contribution in [0.3, 0.4) is 0 Å². The number of carbonyl (C=O) groups excluding carboxylic acids is 6. The molecule has 0 aliphatic carbocycles. The number of amides is 6. The first-order chi connectivity index (χ1) is 25.3. The van der Waals surface area contributed by atoms with Gasteiger partial charge in [-0.15, -0.1) is 11.3 Å². The number of hydrogen-bond donors (Lipinski definition) is 4. The first kappa shape index (κ1) is 40.3. The van der Waals surface area contributed by atoms with Gasteiger partial charge in [0.2, 0.25) is 23.6 Å². The van der Waals surface area contributed by atoms with E-state index in [1.54, 1.807) is 38.1 Å². The predicted molar refractivity (Wildman–Crippen MR) is 197 cm³/mol. The number of nitrogens with one attached hydrogen (secondary N) is 4. The van der Waals surface area contributed by atoms with E-state index in [0.717, 1.165) is 16.9 Å². The third-order valence-electron chi connectivity index (χ3n) is 8.58. The molecule has 284 valence electrons. The summed E-state index contributed by atoms with van der Waals surface area (Å²) in [5.74, 6) is -2.88. The minimum atomic E-state index is -1.03. The number of hydrogen-bond acceptors (Lipinski definition) is 10. The van der Waals surface area contributed by atoms with Gasteiger partial charge in [0.1, 0.15) is 28.8 Å². The highest BCUT2D eigenvalue weighted by Crippen LogP contribution is 2.26. The zero-order chi connectivity index (χ0) is 38.7. The minimum absolute atomic E-state index is 0.0195. The Morgan fingerprint density at radius 3 is 2.25 bits per heavy atom. The van der Waals surface area contributed by atoms with Crippen LogP contribution in [0.4, 0.5) is 0 Å². The van der Waals surface area contributed by atoms with E-state index in [2.05, 4.69) is 26.3 Å². The fourth-order valence-corrected chi connectivity index (χ4v) is 6.35. The molecule has 4 rings (SSSR count). The summed E-state index contributed by atoms with van der Waals surface area (Å²) in [7, 11) is 3.00. The molecule has 4 N–H and O–H groups in total. The maximum Gasteiger partial charge on any atom is 0.271 e. The molecule has 2 bridgehead atoms. The van der Waals surface area contributed by atoms with Gasteiger partial charge in [0.05, 0.1) is 19.7 Å². The van der Waals surface area contributed by atoms with Crippen LogP contribution in [-0.2, 0) is 30.4 Å². The van der Waals surface area contributed by atoms with E-state index in [-0.39, 0.29) is 31.2 Å². The molecule has 53 heavy (non-hydrogen) atoms. The predicted octanol–water partition coefficient (Wildman–Crippen LogP) is 1.70. The average molecular weight is 750 g/mol. The van der Waals surface area contributed by atoms with Crippen molar-refractivity contribution in [1.29, 1.82) is 0 Å². The Bertz CT molecular complexity index is 1770. The second-order valence-corrected chi connectivity index (χ2v) is 13.9. The van der Waals surface area contributed by atoms with E-state index in [4.69, 9.17) is 9.47 Å². The van der Waals surface area contributed by atoms with Gasteiger partial charge in [-0.25, -0.2) is 4.98 Å². The van der Waals surface area contributed by atoms with Gasteiger partial charge in [-0.2, -0.15) is 0 Å². The van der Waals surface area contributed by atoms with Gasteiger partial charge in [-0.1, -0.05) is 56.3 Å². The Hall–Kier alpha value is -5.51. The number of benzene rings is 2. The van der Waals surface area contributed by atoms with Crippen molar-refractivity contribution in [1.82, 2.24) is 36.1 Å². The van der Waals surface area contributed by atoms with E-state index in [0.29, 0.717) is 22.9 Å². The Kier molecular flexibility index (Phi) is 14.3. The maximum absolute atomic E-state index is 13.7. The lowest BCUT2D eigenvalue weighted by atomic mass is 10.0. The van der Waals surface area contributed by atoms with Crippen molar-refractivity contribution in [3.05, 3.63) is 76.2 Å². The standard InChI is InChI=1S/C37H47N7O8S/c1-22(2)32-35(49)39-24(4)37(50)43(5)16-17-44(31(46)20-52-29-15-11-10-14-28(29)51-6)19-30(45)40-26(18-25-12-8-7-9-13-25)36-41-27(21-53-36)34(48)38-23(3)33(47)42-32/h7-15,21-24,26,32H,16-20H2,1-6H3,(H,38,48)(H,39,49)(H,40,45)(H,42,47)/t23-,24+,26-,32-/m0/s1. The summed E-state index contributed by atoms with van der Waals surface area (Å²) in [6.45, 7) is 5.66. The SMILES string of the molecule is COc1ccccc1OCC(=O)N1CCN(C)C(=O)[C@@H](C)NC(=O)[C@H](C(C)C)NC(=O)[C@H](C)NC(=O)c2csc(n2)[C@H](Cc2ccccc2)NC(=O)C1. The van der Waals surface area contributed by atoms with Gasteiger partial charge in [-0.05, 0) is 43.9 Å². The van der Waals surface area contributed by atoms with E-state index >= 15 is 0 Å². The van der Waals surface area contributed by atoms with E-state index in [1.165, 1.54) is 43.2 Å². The largest absolute Gasteiger partial charge is 0.493 e. The van der Waals surface area contributed by atoms with Gasteiger partial charge in [0.25, 0.3) is 11.8 Å². The minimum Gasteiger partial charge on any atom is -0.493 e. The number of aromatic nitrogens is 1. The monoisotopic (exact) mass is 749 g/mol. The van der Waals surface area contributed by atoms with Crippen molar-refractivity contribution < 1.29 is 38.2 Å². The summed E-state index contributed by atoms with van der Waals surface area (Å²) < 4.78 is 11.1. The van der Waals surface area contributed by atoms with Gasteiger partial charge < -0.3 is 40.5 Å². The Balaban J connectivity index is 1.65. The van der Waals surface area contributed by atoms with Crippen molar-refractivity contribution in [3.63, 3.8) is 0 Å². The van der Waals surface area contributed by atoms with Crippen LogP contribution in [0, 0.1) is 5.92 Å². The van der Waals surface area contributed by atoms with Crippen LogP contribution in [0.15, 0.2) is 60.0 Å². The molecule has 0 saturated carbocycles. The van der Waals surface area contributed by atoms with E-state index in [1.807, 2.05) is 30.3 Å². The summed E-state index contributed by atoms with van der Waals surface area (Å²) in [6.07, 6.45) is 0.331. The average Bonchev–Trinajstić information content (AvgIpc) is 3.64. The summed E-state index contributed by atoms with van der Waals surface area (Å²) in [6, 6.07) is 12.5. The van der Waals surface area contributed by atoms with Crippen molar-refractivity contribution >= 4 is 46.8 Å². The molecule has 1 aliphatic rings. The number of carbonyl (C=O) groups is 6. The third kappa shape index (κ3) is 11.2. The van der Waals surface area contributed by atoms with Crippen molar-refractivity contribution in [2.45, 2.75) is 58.3 Å². The van der Waals surface area contributed by atoms with E-state index < -0.39 is 66.2 Å². The molecule has 0 spiro atoms. The normalized spacial score (nSPS) is 21.2. The molecule has 2 heterocycles. The topological polar surface area (TPSA) is 188 Å². The van der Waals surface area contributed by atoms with E-state index in [9.17, 15) is 28.8 Å². The highest BCUT2D eigenvalue weighted by molar-refractivity contribution is 7.09. The number of ether oxygens (including phenoxy) is 2. The summed E-state index contributed by atoms with van der Waals surface area (Å²) >= 11 is 1.16. The molecule has 2 aromatic carbocycles. The van der Waals surface area contributed by atoms with Crippen molar-refractivity contribution in [3.8, 4) is 11.5 Å². The number of para-hydroxylation sites is 2. The molecule has 4 atom stereocenters. The molecule has 0 saturated heterocycles. The fraction of sp³-hybridized carbons (Fsp3) is 0.432. The van der Waals surface area contributed by atoms with Crippen molar-refractivity contribution in [2.75, 3.05) is 40.4 Å². The molecule has 1 aliphatic heterocycles. The molecule has 16 heteroatoms. The first-order valence-corrected chi connectivity index (χ1v) is 18.1. The molecule has 0 unspecified atom stereocenters. The summed E-state index contributed by atoms with van der Waals surface area (Å²) in [5.41, 5.74) is 0.937. The molecule has 1 aromatic heterocycles. The number of likely N-dealkylation sites (N-methyl/N-ethyl adjacent to an activating group) is 1. The van der Waals surface area contributed by atoms with Crippen LogP contribution >= 0.6 is 11.3 Å². The second-order valence-electron chi connectivity index (χ2n) is 13.1. The Morgan fingerprint density at radius 2 is 1.57 bits per heavy atom. The molecular weight excluding hydrogens is 703 g/mol. The van der Waals surface area contributed by atoms with Gasteiger partial charge >= 0.3 is 0 Å². The number of fused-ring (bicyclic) bond motifs is 2. The zero-order valence-electron chi connectivity index (χ0n) is 30.7. The first-order valence-electron chi connectivity index (χ1n) is 17.3. The number of rotatable bonds is 7. The quantitative estimate of drug-likeness (QED) is 0.279. The molecule has 0 radical (unpaired) electrons. The Morgan fingerprint density at radius 1 is 0.887 bits per heavy atom. The Labute approximate surface area is 312 Å². The third-order valence-corrected chi connectivity index (χ3v) is 9.53. The lowest BCUT2D eigenvalue weighted by Crippen LogP contribution is -2.57. The van der Waals surface area contributed by atoms with Crippen LogP contribution in [0.25, 0.3) is 0 Å². The number of methoxy groups -OCH3 is 1. The lowest BCUT2D eigenvalue weighted by molar-refractivity contribution is -0.140. The highest BCUT2D eigenvalue weighted by atomic mass is 32.1. The van der Waals surface area contributed by atoms with Crippen LogP contribution < -0.4 is 30.7 Å². The van der Waals surface area contributed by atoms with Gasteiger partial charge in [0, 0.05) is 25.5 Å². The molecule has 0 fully saturated rings. The summed E-state index contributed by atoms with van der Waals surface area (Å²) in [5, 5.41) is 12.9. The lowest BCUT2D eigenvalue weighted by Gasteiger charge is -2.29. The van der Waals surface area contributed by atoms with Crippen molar-refractivity contribution in [2.24, 2.45) is 5.92 Å². The molecule has 6 amide bonds. The smallest absolute Gasteiger partial charge is 0.271 e. The molecule has 3 aromatic rings. The number of thiazole rings is 1. The van der Waals surface area contributed by atoms with Gasteiger partial charge in [-0.3, -0.25) is 28.8 Å². The number of nitrogens with zero attached hydrogens (tertiary/aromatic N) is 3. The molecule has 15 nitrogen and oxygen atoms in total. The van der Waals surface area contributed by atoms with Gasteiger partial charge in [0.15, 0.2) is 18.1 Å².